The van der Waals surface area contributed by atoms with Gasteiger partial charge in [-0.3, -0.25) is 0 Å². The molecule has 1 saturated carbocycles. The minimum Gasteiger partial charge on any atom is -0.339 e. The molecule has 4 rings (SSSR count). The van der Waals surface area contributed by atoms with Crippen molar-refractivity contribution in [1.29, 1.82) is 0 Å². The van der Waals surface area contributed by atoms with E-state index in [0.717, 1.165) is 40.0 Å². The van der Waals surface area contributed by atoms with Gasteiger partial charge in [-0.1, -0.05) is 33.2 Å². The lowest BCUT2D eigenvalue weighted by atomic mass is 9.77. The Kier molecular flexibility index (Phi) is 3.79. The van der Waals surface area contributed by atoms with E-state index in [9.17, 15) is 0 Å². The largest absolute Gasteiger partial charge is 0.339 e. The third-order valence-electron chi connectivity index (χ3n) is 4.11. The molecule has 2 heterocycles. The first-order chi connectivity index (χ1) is 11.1. The number of benzene rings is 1. The molecular weight excluding hydrogens is 376 g/mol. The second-order valence-corrected chi connectivity index (χ2v) is 7.63. The summed E-state index contributed by atoms with van der Waals surface area (Å²) in [5.41, 5.74) is 7.86. The van der Waals surface area contributed by atoms with Gasteiger partial charge < -0.3 is 10.3 Å². The molecule has 0 atom stereocenters. The third kappa shape index (κ3) is 2.96. The van der Waals surface area contributed by atoms with E-state index in [0.29, 0.717) is 18.1 Å². The summed E-state index contributed by atoms with van der Waals surface area (Å²) in [5, 5.41) is 7.05. The molecule has 2 N–H and O–H groups in total. The molecule has 0 radical (unpaired) electrons. The maximum absolute atomic E-state index is 6.22. The van der Waals surface area contributed by atoms with Crippen molar-refractivity contribution in [2.45, 2.75) is 31.2 Å². The summed E-state index contributed by atoms with van der Waals surface area (Å²) in [6.45, 7) is 0. The molecule has 1 fully saturated rings. The number of aromatic nitrogens is 3. The lowest BCUT2D eigenvalue weighted by molar-refractivity contribution is 0.229. The average molecular weight is 391 g/mol. The maximum atomic E-state index is 6.22. The lowest BCUT2D eigenvalue weighted by Gasteiger charge is -2.34. The van der Waals surface area contributed by atoms with Crippen LogP contribution in [0.2, 0.25) is 0 Å². The molecule has 7 heteroatoms. The second kappa shape index (κ2) is 5.81. The number of hydrogen-bond acceptors (Lipinski definition) is 6. The first-order valence-corrected chi connectivity index (χ1v) is 9.12. The molecule has 0 unspecified atom stereocenters. The van der Waals surface area contributed by atoms with Gasteiger partial charge in [-0.05, 0) is 31.4 Å². The van der Waals surface area contributed by atoms with Gasteiger partial charge in [-0.2, -0.15) is 4.98 Å². The Morgan fingerprint density at radius 2 is 2.17 bits per heavy atom. The highest BCUT2D eigenvalue weighted by atomic mass is 79.9. The smallest absolute Gasteiger partial charge is 0.232 e. The Morgan fingerprint density at radius 1 is 1.30 bits per heavy atom. The minimum absolute atomic E-state index is 0.384. The van der Waals surface area contributed by atoms with Crippen LogP contribution in [0.1, 0.15) is 36.7 Å². The van der Waals surface area contributed by atoms with Crippen molar-refractivity contribution in [1.82, 2.24) is 15.1 Å². The van der Waals surface area contributed by atoms with E-state index in [4.69, 9.17) is 10.3 Å². The summed E-state index contributed by atoms with van der Waals surface area (Å²) in [4.78, 5) is 9.11. The zero-order chi connectivity index (χ0) is 15.9. The normalized spacial score (nSPS) is 16.3. The molecule has 2 aromatic heterocycles. The quantitative estimate of drug-likeness (QED) is 0.730. The van der Waals surface area contributed by atoms with Crippen molar-refractivity contribution in [3.05, 3.63) is 51.5 Å². The van der Waals surface area contributed by atoms with E-state index >= 15 is 0 Å². The fraction of sp³-hybridized carbons (Fsp3) is 0.312. The van der Waals surface area contributed by atoms with Gasteiger partial charge in [0.25, 0.3) is 0 Å². The van der Waals surface area contributed by atoms with Gasteiger partial charge in [0.1, 0.15) is 5.01 Å². The number of nitrogens with zero attached hydrogens (tertiary/aromatic N) is 3. The predicted molar refractivity (Wildman–Crippen MR) is 92.1 cm³/mol. The van der Waals surface area contributed by atoms with Crippen LogP contribution in [-0.2, 0) is 12.0 Å². The van der Waals surface area contributed by atoms with E-state index in [1.165, 1.54) is 0 Å². The highest BCUT2D eigenvalue weighted by Gasteiger charge is 2.38. The zero-order valence-corrected chi connectivity index (χ0v) is 14.7. The summed E-state index contributed by atoms with van der Waals surface area (Å²) >= 11 is 5.10. The Morgan fingerprint density at radius 3 is 2.91 bits per heavy atom. The highest BCUT2D eigenvalue weighted by Crippen LogP contribution is 2.37. The van der Waals surface area contributed by atoms with Crippen molar-refractivity contribution in [3.8, 4) is 10.6 Å². The Labute approximate surface area is 146 Å². The van der Waals surface area contributed by atoms with Crippen LogP contribution in [0, 0.1) is 0 Å². The van der Waals surface area contributed by atoms with Crippen LogP contribution >= 0.6 is 27.3 Å². The average Bonchev–Trinajstić information content (AvgIpc) is 3.15. The van der Waals surface area contributed by atoms with Crippen LogP contribution in [-0.4, -0.2) is 15.1 Å². The topological polar surface area (TPSA) is 77.8 Å². The van der Waals surface area contributed by atoms with Gasteiger partial charge in [0.15, 0.2) is 5.82 Å². The monoisotopic (exact) mass is 390 g/mol. The van der Waals surface area contributed by atoms with E-state index < -0.39 is 0 Å². The molecule has 5 nitrogen and oxygen atoms in total. The fourth-order valence-corrected chi connectivity index (χ4v) is 3.82. The summed E-state index contributed by atoms with van der Waals surface area (Å²) in [5.74, 6) is 1.20. The van der Waals surface area contributed by atoms with Crippen LogP contribution in [0.5, 0.6) is 0 Å². The van der Waals surface area contributed by atoms with E-state index in [1.54, 1.807) is 11.3 Å². The summed E-state index contributed by atoms with van der Waals surface area (Å²) in [7, 11) is 0. The van der Waals surface area contributed by atoms with Gasteiger partial charge in [-0.25, -0.2) is 4.98 Å². The van der Waals surface area contributed by atoms with Crippen LogP contribution < -0.4 is 5.73 Å². The van der Waals surface area contributed by atoms with Gasteiger partial charge in [0.2, 0.25) is 5.89 Å². The standard InChI is InChI=1S/C16H15BrN4OS/c17-11-4-1-3-10(7-11)14-19-12(9-23-14)8-13-20-15(21-22-13)16(18)5-2-6-16/h1,3-4,7,9H,2,5-6,8,18H2. The number of nitrogens with two attached hydrogens (primary N) is 1. The molecular formula is C16H15BrN4OS. The van der Waals surface area contributed by atoms with Crippen molar-refractivity contribution >= 4 is 27.3 Å². The molecule has 1 aromatic carbocycles. The molecule has 3 aromatic rings. The molecule has 1 aliphatic carbocycles. The molecule has 0 saturated heterocycles. The molecule has 0 aliphatic heterocycles. The molecule has 23 heavy (non-hydrogen) atoms. The first kappa shape index (κ1) is 15.0. The summed E-state index contributed by atoms with van der Waals surface area (Å²) in [6.07, 6.45) is 3.52. The van der Waals surface area contributed by atoms with Crippen LogP contribution in [0.15, 0.2) is 38.6 Å². The van der Waals surface area contributed by atoms with Gasteiger partial charge in [0.05, 0.1) is 17.7 Å². The highest BCUT2D eigenvalue weighted by molar-refractivity contribution is 9.10. The summed E-state index contributed by atoms with van der Waals surface area (Å²) < 4.78 is 6.38. The van der Waals surface area contributed by atoms with Crippen LogP contribution in [0.25, 0.3) is 10.6 Å². The predicted octanol–water partition coefficient (Wildman–Crippen LogP) is 3.88. The van der Waals surface area contributed by atoms with E-state index in [1.807, 2.05) is 23.6 Å². The molecule has 0 amide bonds. The molecule has 118 valence electrons. The zero-order valence-electron chi connectivity index (χ0n) is 12.3. The molecule has 0 spiro atoms. The summed E-state index contributed by atoms with van der Waals surface area (Å²) in [6, 6.07) is 8.11. The van der Waals surface area contributed by atoms with E-state index in [2.05, 4.69) is 37.1 Å². The fourth-order valence-electron chi connectivity index (χ4n) is 2.61. The lowest BCUT2D eigenvalue weighted by Crippen LogP contribution is -2.44. The number of rotatable bonds is 4. The van der Waals surface area contributed by atoms with Crippen LogP contribution in [0.4, 0.5) is 0 Å². The van der Waals surface area contributed by atoms with Gasteiger partial charge in [-0.15, -0.1) is 11.3 Å². The SMILES string of the molecule is NC1(c2noc(Cc3csc(-c4cccc(Br)c4)n3)n2)CCC1. The second-order valence-electron chi connectivity index (χ2n) is 5.85. The van der Waals surface area contributed by atoms with E-state index in [-0.39, 0.29) is 5.54 Å². The van der Waals surface area contributed by atoms with Crippen molar-refractivity contribution in [3.63, 3.8) is 0 Å². The Hall–Kier alpha value is -1.57. The first-order valence-electron chi connectivity index (χ1n) is 7.45. The van der Waals surface area contributed by atoms with Crippen LogP contribution in [0.3, 0.4) is 0 Å². The molecule has 1 aliphatic rings. The number of thiazole rings is 1. The number of halogens is 1. The van der Waals surface area contributed by atoms with Crippen molar-refractivity contribution in [2.24, 2.45) is 5.73 Å². The van der Waals surface area contributed by atoms with Gasteiger partial charge >= 0.3 is 0 Å². The Bertz CT molecular complexity index is 840. The third-order valence-corrected chi connectivity index (χ3v) is 5.55. The van der Waals surface area contributed by atoms with Crippen molar-refractivity contribution < 1.29 is 4.52 Å². The molecule has 0 bridgehead atoms. The van der Waals surface area contributed by atoms with Crippen molar-refractivity contribution in [2.75, 3.05) is 0 Å². The minimum atomic E-state index is -0.384. The maximum Gasteiger partial charge on any atom is 0.232 e. The van der Waals surface area contributed by atoms with Gasteiger partial charge in [0, 0.05) is 15.4 Å². The Balaban J connectivity index is 1.52. The number of hydrogen-bond donors (Lipinski definition) is 1.